The number of aromatic amines is 1. The van der Waals surface area contributed by atoms with E-state index in [4.69, 9.17) is 0 Å². The van der Waals surface area contributed by atoms with Crippen LogP contribution in [0.1, 0.15) is 41.4 Å². The van der Waals surface area contributed by atoms with Crippen molar-refractivity contribution in [1.82, 2.24) is 4.98 Å². The van der Waals surface area contributed by atoms with Crippen LogP contribution < -0.4 is 0 Å². The zero-order chi connectivity index (χ0) is 11.0. The third-order valence-corrected chi connectivity index (χ3v) is 2.84. The van der Waals surface area contributed by atoms with Gasteiger partial charge in [-0.3, -0.25) is 4.79 Å². The molecule has 1 aromatic carbocycles. The van der Waals surface area contributed by atoms with Crippen molar-refractivity contribution < 1.29 is 4.79 Å². The van der Waals surface area contributed by atoms with E-state index in [1.165, 1.54) is 5.56 Å². The van der Waals surface area contributed by atoms with E-state index in [0.29, 0.717) is 5.92 Å². The van der Waals surface area contributed by atoms with Gasteiger partial charge in [0.05, 0.1) is 0 Å². The summed E-state index contributed by atoms with van der Waals surface area (Å²) in [7, 11) is 0. The normalized spacial score (nSPS) is 11.2. The number of nitrogens with one attached hydrogen (secondary N) is 1. The lowest BCUT2D eigenvalue weighted by Gasteiger charge is -2.06. The standard InChI is InChI=1S/C13H15NO/c1-8(2)10-5-4-6-11-12(7-15)9(3)14-13(10)11/h4-8,14H,1-3H3. The highest BCUT2D eigenvalue weighted by atomic mass is 16.1. The molecule has 0 amide bonds. The number of rotatable bonds is 2. The Balaban J connectivity index is 2.83. The number of aldehydes is 1. The molecule has 0 unspecified atom stereocenters. The lowest BCUT2D eigenvalue weighted by atomic mass is 10.00. The molecule has 1 aromatic heterocycles. The minimum absolute atomic E-state index is 0.464. The van der Waals surface area contributed by atoms with E-state index in [0.717, 1.165) is 28.4 Å². The number of aromatic nitrogens is 1. The number of fused-ring (bicyclic) bond motifs is 1. The third-order valence-electron chi connectivity index (χ3n) is 2.84. The van der Waals surface area contributed by atoms with Crippen LogP contribution in [0, 0.1) is 6.92 Å². The van der Waals surface area contributed by atoms with Crippen molar-refractivity contribution in [2.24, 2.45) is 0 Å². The minimum atomic E-state index is 0.464. The molecule has 2 heteroatoms. The van der Waals surface area contributed by atoms with Crippen LogP contribution in [0.2, 0.25) is 0 Å². The van der Waals surface area contributed by atoms with E-state index in [1.54, 1.807) is 0 Å². The fourth-order valence-corrected chi connectivity index (χ4v) is 2.02. The Morgan fingerprint density at radius 1 is 1.33 bits per heavy atom. The second-order valence-corrected chi connectivity index (χ2v) is 4.21. The summed E-state index contributed by atoms with van der Waals surface area (Å²) in [5.41, 5.74) is 4.11. The number of carbonyl (C=O) groups is 1. The number of H-pyrrole nitrogens is 1. The van der Waals surface area contributed by atoms with Crippen molar-refractivity contribution in [3.05, 3.63) is 35.0 Å². The van der Waals surface area contributed by atoms with Crippen LogP contribution in [0.25, 0.3) is 10.9 Å². The molecule has 2 aromatic rings. The number of para-hydroxylation sites is 1. The molecule has 2 rings (SSSR count). The molecule has 0 bridgehead atoms. The SMILES string of the molecule is Cc1[nH]c2c(C(C)C)cccc2c1C=O. The molecule has 0 aliphatic rings. The molecule has 0 saturated carbocycles. The van der Waals surface area contributed by atoms with Gasteiger partial charge in [-0.2, -0.15) is 0 Å². The van der Waals surface area contributed by atoms with Crippen LogP contribution in [0.5, 0.6) is 0 Å². The Hall–Kier alpha value is -1.57. The third kappa shape index (κ3) is 1.46. The van der Waals surface area contributed by atoms with Gasteiger partial charge >= 0.3 is 0 Å². The topological polar surface area (TPSA) is 32.9 Å². The summed E-state index contributed by atoms with van der Waals surface area (Å²) in [5, 5.41) is 1.04. The Morgan fingerprint density at radius 3 is 2.67 bits per heavy atom. The maximum Gasteiger partial charge on any atom is 0.152 e. The number of aryl methyl sites for hydroxylation is 1. The zero-order valence-electron chi connectivity index (χ0n) is 9.29. The Kier molecular flexibility index (Phi) is 2.35. The van der Waals surface area contributed by atoms with Crippen LogP contribution in [-0.4, -0.2) is 11.3 Å². The summed E-state index contributed by atoms with van der Waals surface area (Å²) in [4.78, 5) is 14.3. The van der Waals surface area contributed by atoms with Gasteiger partial charge in [-0.05, 0) is 18.4 Å². The number of benzene rings is 1. The van der Waals surface area contributed by atoms with Crippen molar-refractivity contribution in [3.8, 4) is 0 Å². The van der Waals surface area contributed by atoms with Crippen LogP contribution in [0.15, 0.2) is 18.2 Å². The molecular formula is C13H15NO. The van der Waals surface area contributed by atoms with Gasteiger partial charge in [-0.1, -0.05) is 32.0 Å². The lowest BCUT2D eigenvalue weighted by Crippen LogP contribution is -1.88. The lowest BCUT2D eigenvalue weighted by molar-refractivity contribution is 0.112. The van der Waals surface area contributed by atoms with E-state index >= 15 is 0 Å². The van der Waals surface area contributed by atoms with Crippen LogP contribution >= 0.6 is 0 Å². The van der Waals surface area contributed by atoms with Gasteiger partial charge in [-0.15, -0.1) is 0 Å². The Morgan fingerprint density at radius 2 is 2.07 bits per heavy atom. The van der Waals surface area contributed by atoms with E-state index < -0.39 is 0 Å². The number of hydrogen-bond donors (Lipinski definition) is 1. The molecule has 0 aliphatic heterocycles. The molecule has 0 saturated heterocycles. The highest BCUT2D eigenvalue weighted by Gasteiger charge is 2.11. The zero-order valence-corrected chi connectivity index (χ0v) is 9.29. The monoisotopic (exact) mass is 201 g/mol. The number of carbonyl (C=O) groups excluding carboxylic acids is 1. The predicted molar refractivity (Wildman–Crippen MR) is 62.5 cm³/mol. The smallest absolute Gasteiger partial charge is 0.152 e. The predicted octanol–water partition coefficient (Wildman–Crippen LogP) is 3.41. The first kappa shape index (κ1) is 9.97. The van der Waals surface area contributed by atoms with Gasteiger partial charge in [0.2, 0.25) is 0 Å². The average molecular weight is 201 g/mol. The first-order chi connectivity index (χ1) is 7.15. The van der Waals surface area contributed by atoms with Crippen molar-refractivity contribution in [1.29, 1.82) is 0 Å². The molecule has 15 heavy (non-hydrogen) atoms. The molecule has 0 fully saturated rings. The molecule has 2 nitrogen and oxygen atoms in total. The maximum atomic E-state index is 11.0. The first-order valence-electron chi connectivity index (χ1n) is 5.21. The molecule has 78 valence electrons. The molecular weight excluding hydrogens is 186 g/mol. The molecule has 0 atom stereocenters. The second kappa shape index (κ2) is 3.54. The fraction of sp³-hybridized carbons (Fsp3) is 0.308. The van der Waals surface area contributed by atoms with E-state index in [1.807, 2.05) is 19.1 Å². The van der Waals surface area contributed by atoms with Gasteiger partial charge in [0.15, 0.2) is 6.29 Å². The van der Waals surface area contributed by atoms with Gasteiger partial charge in [0, 0.05) is 22.2 Å². The summed E-state index contributed by atoms with van der Waals surface area (Å²) in [5.74, 6) is 0.464. The van der Waals surface area contributed by atoms with Crippen LogP contribution in [-0.2, 0) is 0 Å². The van der Waals surface area contributed by atoms with Gasteiger partial charge in [0.25, 0.3) is 0 Å². The average Bonchev–Trinajstić information content (AvgIpc) is 2.52. The summed E-state index contributed by atoms with van der Waals surface area (Å²) in [6, 6.07) is 6.11. The Bertz CT molecular complexity index is 508. The second-order valence-electron chi connectivity index (χ2n) is 4.21. The highest BCUT2D eigenvalue weighted by molar-refractivity contribution is 6.00. The summed E-state index contributed by atoms with van der Waals surface area (Å²) >= 11 is 0. The summed E-state index contributed by atoms with van der Waals surface area (Å²) in [6.07, 6.45) is 0.929. The molecule has 0 radical (unpaired) electrons. The van der Waals surface area contributed by atoms with Gasteiger partial charge in [0.1, 0.15) is 0 Å². The molecule has 0 spiro atoms. The van der Waals surface area contributed by atoms with Crippen LogP contribution in [0.3, 0.4) is 0 Å². The quantitative estimate of drug-likeness (QED) is 0.742. The van der Waals surface area contributed by atoms with Gasteiger partial charge < -0.3 is 4.98 Å². The van der Waals surface area contributed by atoms with Crippen LogP contribution in [0.4, 0.5) is 0 Å². The Labute approximate surface area is 89.3 Å². The van der Waals surface area contributed by atoms with E-state index in [2.05, 4.69) is 24.9 Å². The van der Waals surface area contributed by atoms with Gasteiger partial charge in [-0.25, -0.2) is 0 Å². The van der Waals surface area contributed by atoms with E-state index in [-0.39, 0.29) is 0 Å². The fourth-order valence-electron chi connectivity index (χ4n) is 2.02. The van der Waals surface area contributed by atoms with E-state index in [9.17, 15) is 4.79 Å². The highest BCUT2D eigenvalue weighted by Crippen LogP contribution is 2.27. The molecule has 1 heterocycles. The summed E-state index contributed by atoms with van der Waals surface area (Å²) < 4.78 is 0. The molecule has 0 aliphatic carbocycles. The van der Waals surface area contributed by atoms with Crippen molar-refractivity contribution in [2.75, 3.05) is 0 Å². The van der Waals surface area contributed by atoms with Crippen molar-refractivity contribution in [2.45, 2.75) is 26.7 Å². The maximum absolute atomic E-state index is 11.0. The largest absolute Gasteiger partial charge is 0.358 e. The number of hydrogen-bond acceptors (Lipinski definition) is 1. The van der Waals surface area contributed by atoms with Crippen molar-refractivity contribution >= 4 is 17.2 Å². The molecule has 1 N–H and O–H groups in total. The minimum Gasteiger partial charge on any atom is -0.358 e. The first-order valence-corrected chi connectivity index (χ1v) is 5.21. The summed E-state index contributed by atoms with van der Waals surface area (Å²) in [6.45, 7) is 6.25. The van der Waals surface area contributed by atoms with Crippen molar-refractivity contribution in [3.63, 3.8) is 0 Å².